The molecule has 2 N–H and O–H groups in total. The molecule has 0 bridgehead atoms. The SMILES string of the molecule is COc1ccccc1NS(=O)(=O)c1cc(C(=O)NC[C@@H](c2ccco2)N(C)C)ccc1C. The zero-order valence-corrected chi connectivity index (χ0v) is 19.3. The zero-order chi connectivity index (χ0) is 23.3. The van der Waals surface area contributed by atoms with Gasteiger partial charge in [-0.1, -0.05) is 18.2 Å². The summed E-state index contributed by atoms with van der Waals surface area (Å²) in [5.41, 5.74) is 1.08. The van der Waals surface area contributed by atoms with Crippen LogP contribution in [0.4, 0.5) is 5.69 Å². The van der Waals surface area contributed by atoms with Crippen LogP contribution in [0.1, 0.15) is 27.7 Å². The van der Waals surface area contributed by atoms with Crippen LogP contribution in [0.2, 0.25) is 0 Å². The highest BCUT2D eigenvalue weighted by Crippen LogP contribution is 2.27. The molecule has 170 valence electrons. The Labute approximate surface area is 188 Å². The number of nitrogens with one attached hydrogen (secondary N) is 2. The number of nitrogens with zero attached hydrogens (tertiary/aromatic N) is 1. The molecule has 0 saturated carbocycles. The van der Waals surface area contributed by atoms with E-state index in [1.54, 1.807) is 55.7 Å². The van der Waals surface area contributed by atoms with E-state index in [0.717, 1.165) is 5.76 Å². The summed E-state index contributed by atoms with van der Waals surface area (Å²) < 4.78 is 39.3. The second kappa shape index (κ2) is 9.88. The summed E-state index contributed by atoms with van der Waals surface area (Å²) in [5, 5.41) is 2.86. The molecule has 1 amide bonds. The predicted molar refractivity (Wildman–Crippen MR) is 122 cm³/mol. The van der Waals surface area contributed by atoms with E-state index >= 15 is 0 Å². The van der Waals surface area contributed by atoms with Gasteiger partial charge in [0.15, 0.2) is 0 Å². The second-order valence-corrected chi connectivity index (χ2v) is 9.14. The molecular weight excluding hydrogens is 430 g/mol. The number of sulfonamides is 1. The molecule has 1 atom stereocenters. The number of benzene rings is 2. The number of para-hydroxylation sites is 2. The third-order valence-electron chi connectivity index (χ3n) is 5.04. The lowest BCUT2D eigenvalue weighted by Gasteiger charge is -2.22. The van der Waals surface area contributed by atoms with Crippen LogP contribution in [0.3, 0.4) is 0 Å². The van der Waals surface area contributed by atoms with Gasteiger partial charge in [-0.2, -0.15) is 0 Å². The predicted octanol–water partition coefficient (Wildman–Crippen LogP) is 3.43. The fraction of sp³-hybridized carbons (Fsp3) is 0.261. The molecule has 0 fully saturated rings. The number of hydrogen-bond donors (Lipinski definition) is 2. The van der Waals surface area contributed by atoms with Gasteiger partial charge in [0.2, 0.25) is 0 Å². The van der Waals surface area contributed by atoms with E-state index < -0.39 is 10.0 Å². The monoisotopic (exact) mass is 457 g/mol. The molecule has 32 heavy (non-hydrogen) atoms. The number of rotatable bonds is 9. The van der Waals surface area contributed by atoms with Crippen LogP contribution in [0.15, 0.2) is 70.2 Å². The molecule has 0 aliphatic heterocycles. The number of carbonyl (C=O) groups excluding carboxylic acids is 1. The van der Waals surface area contributed by atoms with Gasteiger partial charge in [0.25, 0.3) is 15.9 Å². The average molecular weight is 458 g/mol. The Kier molecular flexibility index (Phi) is 7.22. The molecule has 1 aromatic heterocycles. The summed E-state index contributed by atoms with van der Waals surface area (Å²) in [7, 11) is 1.30. The van der Waals surface area contributed by atoms with Gasteiger partial charge in [-0.05, 0) is 63.0 Å². The van der Waals surface area contributed by atoms with Crippen LogP contribution in [-0.2, 0) is 10.0 Å². The quantitative estimate of drug-likeness (QED) is 0.511. The first-order chi connectivity index (χ1) is 15.2. The zero-order valence-electron chi connectivity index (χ0n) is 18.5. The molecule has 2 aromatic carbocycles. The molecule has 0 saturated heterocycles. The van der Waals surface area contributed by atoms with Gasteiger partial charge in [0.05, 0.1) is 30.0 Å². The van der Waals surface area contributed by atoms with E-state index in [-0.39, 0.29) is 22.4 Å². The van der Waals surface area contributed by atoms with Crippen molar-refractivity contribution in [3.05, 3.63) is 77.7 Å². The number of methoxy groups -OCH3 is 1. The minimum absolute atomic E-state index is 0.0197. The topological polar surface area (TPSA) is 101 Å². The van der Waals surface area contributed by atoms with Crippen LogP contribution in [-0.4, -0.2) is 47.0 Å². The molecule has 0 unspecified atom stereocenters. The molecule has 0 aliphatic rings. The highest BCUT2D eigenvalue weighted by atomic mass is 32.2. The summed E-state index contributed by atoms with van der Waals surface area (Å²) in [6.07, 6.45) is 1.58. The Hall–Kier alpha value is -3.30. The van der Waals surface area contributed by atoms with Crippen molar-refractivity contribution in [3.8, 4) is 5.75 Å². The van der Waals surface area contributed by atoms with Crippen molar-refractivity contribution in [2.24, 2.45) is 0 Å². The second-order valence-electron chi connectivity index (χ2n) is 7.49. The highest BCUT2D eigenvalue weighted by Gasteiger charge is 2.22. The van der Waals surface area contributed by atoms with E-state index in [1.165, 1.54) is 13.2 Å². The molecular formula is C23H27N3O5S. The summed E-state index contributed by atoms with van der Waals surface area (Å²) in [5.74, 6) is 0.746. The number of likely N-dealkylation sites (N-methyl/N-ethyl adjacent to an activating group) is 1. The van der Waals surface area contributed by atoms with Crippen molar-refractivity contribution in [1.82, 2.24) is 10.2 Å². The van der Waals surface area contributed by atoms with E-state index in [1.807, 2.05) is 25.1 Å². The number of carbonyl (C=O) groups is 1. The smallest absolute Gasteiger partial charge is 0.262 e. The lowest BCUT2D eigenvalue weighted by atomic mass is 10.1. The fourth-order valence-electron chi connectivity index (χ4n) is 3.27. The first kappa shape index (κ1) is 23.4. The van der Waals surface area contributed by atoms with Gasteiger partial charge in [0, 0.05) is 12.1 Å². The number of ether oxygens (including phenoxy) is 1. The first-order valence-corrected chi connectivity index (χ1v) is 11.5. The number of furan rings is 1. The number of anilines is 1. The van der Waals surface area contributed by atoms with E-state index in [2.05, 4.69) is 10.0 Å². The van der Waals surface area contributed by atoms with E-state index in [0.29, 0.717) is 23.5 Å². The van der Waals surface area contributed by atoms with Crippen LogP contribution < -0.4 is 14.8 Å². The minimum Gasteiger partial charge on any atom is -0.495 e. The van der Waals surface area contributed by atoms with Crippen molar-refractivity contribution in [3.63, 3.8) is 0 Å². The average Bonchev–Trinajstić information content (AvgIpc) is 3.28. The van der Waals surface area contributed by atoms with Gasteiger partial charge >= 0.3 is 0 Å². The Balaban J connectivity index is 1.80. The molecule has 1 heterocycles. The first-order valence-electron chi connectivity index (χ1n) is 9.97. The van der Waals surface area contributed by atoms with Crippen LogP contribution in [0.5, 0.6) is 5.75 Å². The van der Waals surface area contributed by atoms with Crippen molar-refractivity contribution < 1.29 is 22.4 Å². The largest absolute Gasteiger partial charge is 0.495 e. The van der Waals surface area contributed by atoms with Gasteiger partial charge in [0.1, 0.15) is 11.5 Å². The van der Waals surface area contributed by atoms with E-state index in [9.17, 15) is 13.2 Å². The summed E-state index contributed by atoms with van der Waals surface area (Å²) >= 11 is 0. The number of aryl methyl sites for hydroxylation is 1. The van der Waals surface area contributed by atoms with Crippen molar-refractivity contribution in [2.75, 3.05) is 32.5 Å². The summed E-state index contributed by atoms with van der Waals surface area (Å²) in [4.78, 5) is 14.7. The molecule has 9 heteroatoms. The summed E-state index contributed by atoms with van der Waals surface area (Å²) in [6, 6.07) is 14.8. The van der Waals surface area contributed by atoms with Crippen LogP contribution in [0.25, 0.3) is 0 Å². The minimum atomic E-state index is -3.95. The van der Waals surface area contributed by atoms with E-state index in [4.69, 9.17) is 9.15 Å². The standard InChI is InChI=1S/C23H27N3O5S/c1-16-11-12-17(23(27)24-15-19(26(2)3)21-10-7-13-31-21)14-22(16)32(28,29)25-18-8-5-6-9-20(18)30-4/h5-14,19,25H,15H2,1-4H3,(H,24,27)/t19-/m0/s1. The lowest BCUT2D eigenvalue weighted by molar-refractivity contribution is 0.0939. The molecule has 0 aliphatic carbocycles. The number of amides is 1. The fourth-order valence-corrected chi connectivity index (χ4v) is 4.61. The molecule has 0 spiro atoms. The molecule has 8 nitrogen and oxygen atoms in total. The maximum atomic E-state index is 13.1. The Morgan fingerprint density at radius 2 is 1.88 bits per heavy atom. The van der Waals surface area contributed by atoms with Gasteiger partial charge < -0.3 is 14.5 Å². The Bertz CT molecular complexity index is 1170. The van der Waals surface area contributed by atoms with Crippen LogP contribution in [0, 0.1) is 6.92 Å². The molecule has 3 rings (SSSR count). The summed E-state index contributed by atoms with van der Waals surface area (Å²) in [6.45, 7) is 1.98. The Morgan fingerprint density at radius 3 is 2.53 bits per heavy atom. The van der Waals surface area contributed by atoms with Crippen molar-refractivity contribution in [2.45, 2.75) is 17.9 Å². The van der Waals surface area contributed by atoms with Crippen molar-refractivity contribution in [1.29, 1.82) is 0 Å². The number of hydrogen-bond acceptors (Lipinski definition) is 6. The van der Waals surface area contributed by atoms with Gasteiger partial charge in [-0.15, -0.1) is 0 Å². The third-order valence-corrected chi connectivity index (χ3v) is 6.55. The highest BCUT2D eigenvalue weighted by molar-refractivity contribution is 7.92. The van der Waals surface area contributed by atoms with Crippen molar-refractivity contribution >= 4 is 21.6 Å². The maximum Gasteiger partial charge on any atom is 0.262 e. The molecule has 0 radical (unpaired) electrons. The Morgan fingerprint density at radius 1 is 1.12 bits per heavy atom. The van der Waals surface area contributed by atoms with Crippen LogP contribution >= 0.6 is 0 Å². The normalized spacial score (nSPS) is 12.4. The lowest BCUT2D eigenvalue weighted by Crippen LogP contribution is -2.34. The molecule has 3 aromatic rings. The van der Waals surface area contributed by atoms with Gasteiger partial charge in [-0.3, -0.25) is 14.4 Å². The third kappa shape index (κ3) is 5.30. The van der Waals surface area contributed by atoms with Gasteiger partial charge in [-0.25, -0.2) is 8.42 Å². The maximum absolute atomic E-state index is 13.1.